The van der Waals surface area contributed by atoms with Crippen molar-refractivity contribution in [2.24, 2.45) is 5.73 Å². The van der Waals surface area contributed by atoms with Crippen LogP contribution in [0.25, 0.3) is 11.3 Å². The van der Waals surface area contributed by atoms with Gasteiger partial charge in [-0.2, -0.15) is 0 Å². The first-order valence-corrected chi connectivity index (χ1v) is 12.5. The van der Waals surface area contributed by atoms with Gasteiger partial charge in [0.05, 0.1) is 17.8 Å². The number of ketones is 1. The van der Waals surface area contributed by atoms with E-state index in [0.29, 0.717) is 17.5 Å². The van der Waals surface area contributed by atoms with Crippen molar-refractivity contribution in [3.05, 3.63) is 77.0 Å². The van der Waals surface area contributed by atoms with Gasteiger partial charge in [0.15, 0.2) is 5.78 Å². The minimum Gasteiger partial charge on any atom is -0.386 e. The lowest BCUT2D eigenvalue weighted by atomic mass is 9.82. The van der Waals surface area contributed by atoms with Crippen LogP contribution in [0.15, 0.2) is 47.6 Å². The Bertz CT molecular complexity index is 1290. The Balaban J connectivity index is 1.65. The molecule has 1 aromatic carbocycles. The van der Waals surface area contributed by atoms with Gasteiger partial charge >= 0.3 is 0 Å². The van der Waals surface area contributed by atoms with Crippen LogP contribution in [0.5, 0.6) is 0 Å². The monoisotopic (exact) mass is 517 g/mol. The van der Waals surface area contributed by atoms with Crippen molar-refractivity contribution in [2.75, 3.05) is 6.26 Å². The van der Waals surface area contributed by atoms with E-state index < -0.39 is 58.3 Å². The quantitative estimate of drug-likeness (QED) is 0.363. The lowest BCUT2D eigenvalue weighted by Gasteiger charge is -2.44. The number of halogens is 3. The zero-order valence-corrected chi connectivity index (χ0v) is 20.8. The van der Waals surface area contributed by atoms with Crippen LogP contribution in [0.4, 0.5) is 13.2 Å². The molecule has 3 N–H and O–H groups in total. The second-order valence-corrected chi connectivity index (χ2v) is 9.82. The Kier molecular flexibility index (Phi) is 7.51. The molecular weight excluding hydrogens is 491 g/mol. The molecule has 4 rings (SSSR count). The Morgan fingerprint density at radius 3 is 2.64 bits per heavy atom. The molecule has 3 heterocycles. The summed E-state index contributed by atoms with van der Waals surface area (Å²) in [7, 11) is 0. The number of hydrogen-bond acceptors (Lipinski definition) is 7. The number of benzene rings is 1. The molecule has 10 heteroatoms. The predicted molar refractivity (Wildman–Crippen MR) is 130 cm³/mol. The van der Waals surface area contributed by atoms with Crippen molar-refractivity contribution in [1.82, 2.24) is 9.97 Å². The van der Waals surface area contributed by atoms with Crippen LogP contribution >= 0.6 is 11.8 Å². The normalized spacial score (nSPS) is 24.1. The summed E-state index contributed by atoms with van der Waals surface area (Å²) in [6.07, 6.45) is 3.84. The highest BCUT2D eigenvalue weighted by molar-refractivity contribution is 7.98. The van der Waals surface area contributed by atoms with E-state index in [-0.39, 0.29) is 17.0 Å². The van der Waals surface area contributed by atoms with Crippen molar-refractivity contribution >= 4 is 17.5 Å². The fraction of sp³-hybridized carbons (Fsp3) is 0.346. The molecule has 36 heavy (non-hydrogen) atoms. The number of nitrogens with zero attached hydrogens (tertiary/aromatic N) is 2. The highest BCUT2D eigenvalue weighted by Crippen LogP contribution is 2.37. The minimum atomic E-state index is -1.20. The molecule has 1 aliphatic rings. The van der Waals surface area contributed by atoms with E-state index in [1.807, 2.05) is 0 Å². The van der Waals surface area contributed by atoms with Gasteiger partial charge in [0, 0.05) is 29.8 Å². The number of nitrogens with two attached hydrogens (primary N) is 1. The van der Waals surface area contributed by atoms with Gasteiger partial charge in [-0.25, -0.2) is 18.2 Å². The number of ether oxygens (including phenoxy) is 1. The van der Waals surface area contributed by atoms with Gasteiger partial charge in [-0.05, 0) is 68.0 Å². The summed E-state index contributed by atoms with van der Waals surface area (Å²) in [5.74, 6) is -3.36. The Morgan fingerprint density at radius 2 is 1.94 bits per heavy atom. The molecule has 1 saturated heterocycles. The largest absolute Gasteiger partial charge is 0.386 e. The Morgan fingerprint density at radius 1 is 1.22 bits per heavy atom. The number of pyridine rings is 2. The van der Waals surface area contributed by atoms with Gasteiger partial charge in [-0.3, -0.25) is 9.78 Å². The third-order valence-corrected chi connectivity index (χ3v) is 7.45. The summed E-state index contributed by atoms with van der Waals surface area (Å²) in [6, 6.07) is 5.61. The molecule has 0 aliphatic carbocycles. The molecule has 4 atom stereocenters. The van der Waals surface area contributed by atoms with E-state index in [1.54, 1.807) is 32.4 Å². The lowest BCUT2D eigenvalue weighted by molar-refractivity contribution is -0.171. The van der Waals surface area contributed by atoms with Crippen LogP contribution in [0.1, 0.15) is 48.0 Å². The lowest BCUT2D eigenvalue weighted by Crippen LogP contribution is -2.58. The molecule has 0 bridgehead atoms. The van der Waals surface area contributed by atoms with E-state index in [1.165, 1.54) is 18.3 Å². The molecule has 1 aliphatic heterocycles. The van der Waals surface area contributed by atoms with Crippen molar-refractivity contribution in [3.63, 3.8) is 0 Å². The van der Waals surface area contributed by atoms with Crippen LogP contribution in [0.2, 0.25) is 0 Å². The summed E-state index contributed by atoms with van der Waals surface area (Å²) in [5, 5.41) is 10.5. The van der Waals surface area contributed by atoms with E-state index in [9.17, 15) is 23.1 Å². The second-order valence-electron chi connectivity index (χ2n) is 8.97. The number of thioether (sulfide) groups is 1. The average Bonchev–Trinajstić information content (AvgIpc) is 2.84. The van der Waals surface area contributed by atoms with Gasteiger partial charge in [-0.1, -0.05) is 0 Å². The number of carbonyl (C=O) groups excluding carboxylic acids is 1. The van der Waals surface area contributed by atoms with Crippen LogP contribution in [0.3, 0.4) is 0 Å². The molecule has 0 spiro atoms. The summed E-state index contributed by atoms with van der Waals surface area (Å²) in [5.41, 5.74) is 4.87. The van der Waals surface area contributed by atoms with E-state index in [4.69, 9.17) is 10.5 Å². The fourth-order valence-electron chi connectivity index (χ4n) is 4.25. The summed E-state index contributed by atoms with van der Waals surface area (Å²) in [6.45, 7) is 3.35. The molecular formula is C26H26F3N3O3S. The highest BCUT2D eigenvalue weighted by Gasteiger charge is 2.43. The van der Waals surface area contributed by atoms with E-state index in [0.717, 1.165) is 23.9 Å². The van der Waals surface area contributed by atoms with Crippen molar-refractivity contribution < 1.29 is 27.8 Å². The molecule has 3 aromatic rings. The maximum Gasteiger partial charge on any atom is 0.185 e. The van der Waals surface area contributed by atoms with E-state index in [2.05, 4.69) is 9.97 Å². The maximum atomic E-state index is 14.9. The molecule has 1 fully saturated rings. The summed E-state index contributed by atoms with van der Waals surface area (Å²) >= 11 is 1.04. The summed E-state index contributed by atoms with van der Waals surface area (Å²) < 4.78 is 50.0. The number of Topliss-reactive ketones (excluding diaryl/α,β-unsaturated/α-hetero) is 1. The average molecular weight is 518 g/mol. The SMILES string of the molecule is CSc1ccc(F)c(-c2nc(C(=O)Cc3cnccc3[C@H]3C[C@@H](N)[C@](C)(O)[C@@H](C)O3)ccc2F)c1F. The number of hydrogen-bond donors (Lipinski definition) is 2. The Labute approximate surface area is 211 Å². The van der Waals surface area contributed by atoms with Crippen molar-refractivity contribution in [3.8, 4) is 11.3 Å². The fourth-order valence-corrected chi connectivity index (χ4v) is 4.74. The van der Waals surface area contributed by atoms with Crippen molar-refractivity contribution in [1.29, 1.82) is 0 Å². The highest BCUT2D eigenvalue weighted by atomic mass is 32.2. The second kappa shape index (κ2) is 10.3. The standard InChI is InChI=1S/C26H26F3N3O3S/c1-13-26(2,34)22(30)11-20(35-13)15-8-9-31-12-14(15)10-19(33)18-6-4-17(28)25(32-18)23-16(27)5-7-21(36-3)24(23)29/h4-9,12-13,20,22,34H,10-11,30H2,1-3H3/t13-,20-,22-,26-/m1/s1. The first-order valence-electron chi connectivity index (χ1n) is 11.3. The predicted octanol–water partition coefficient (Wildman–Crippen LogP) is 4.64. The molecule has 0 amide bonds. The van der Waals surface area contributed by atoms with Gasteiger partial charge in [0.2, 0.25) is 0 Å². The molecule has 2 aromatic heterocycles. The van der Waals surface area contributed by atoms with Gasteiger partial charge in [-0.15, -0.1) is 11.8 Å². The Hall–Kier alpha value is -2.79. The zero-order valence-electron chi connectivity index (χ0n) is 20.0. The summed E-state index contributed by atoms with van der Waals surface area (Å²) in [4.78, 5) is 21.4. The number of aliphatic hydroxyl groups is 1. The smallest absolute Gasteiger partial charge is 0.185 e. The van der Waals surface area contributed by atoms with Crippen LogP contribution in [0, 0.1) is 17.5 Å². The first-order chi connectivity index (χ1) is 17.0. The van der Waals surface area contributed by atoms with Gasteiger partial charge < -0.3 is 15.6 Å². The van der Waals surface area contributed by atoms with Crippen LogP contribution < -0.4 is 5.73 Å². The topological polar surface area (TPSA) is 98.3 Å². The molecule has 190 valence electrons. The maximum absolute atomic E-state index is 14.9. The molecule has 0 saturated carbocycles. The number of carbonyl (C=O) groups is 1. The molecule has 0 radical (unpaired) electrons. The minimum absolute atomic E-state index is 0.128. The number of rotatable bonds is 6. The van der Waals surface area contributed by atoms with Gasteiger partial charge in [0.1, 0.15) is 34.4 Å². The zero-order chi connectivity index (χ0) is 26.2. The number of aromatic nitrogens is 2. The third-order valence-electron chi connectivity index (χ3n) is 6.69. The van der Waals surface area contributed by atoms with Crippen molar-refractivity contribution in [2.45, 2.75) is 55.4 Å². The molecule has 0 unspecified atom stereocenters. The first kappa shape index (κ1) is 26.3. The third kappa shape index (κ3) is 4.90. The van der Waals surface area contributed by atoms with Crippen LogP contribution in [-0.4, -0.2) is 44.9 Å². The molecule has 6 nitrogen and oxygen atoms in total. The van der Waals surface area contributed by atoms with Gasteiger partial charge in [0.25, 0.3) is 0 Å². The van der Waals surface area contributed by atoms with E-state index >= 15 is 0 Å². The van der Waals surface area contributed by atoms with Crippen LogP contribution in [-0.2, 0) is 11.2 Å².